The lowest BCUT2D eigenvalue weighted by Gasteiger charge is -2.12. The van der Waals surface area contributed by atoms with Crippen molar-refractivity contribution < 1.29 is 27.1 Å². The molecule has 0 fully saturated rings. The van der Waals surface area contributed by atoms with Crippen LogP contribution in [0.25, 0.3) is 0 Å². The third kappa shape index (κ3) is 4.85. The summed E-state index contributed by atoms with van der Waals surface area (Å²) in [5.41, 5.74) is -0.328. The highest BCUT2D eigenvalue weighted by atomic mass is 19.3. The van der Waals surface area contributed by atoms with Gasteiger partial charge < -0.3 is 15.4 Å². The van der Waals surface area contributed by atoms with E-state index in [9.17, 15) is 22.4 Å². The Bertz CT molecular complexity index is 1050. The summed E-state index contributed by atoms with van der Waals surface area (Å²) < 4.78 is 59.2. The number of carbonyl (C=O) groups is 1. The van der Waals surface area contributed by atoms with Crippen LogP contribution in [0.4, 0.5) is 29.1 Å². The molecule has 11 heteroatoms. The Balaban J connectivity index is 1.80. The fourth-order valence-electron chi connectivity index (χ4n) is 2.74. The Kier molecular flexibility index (Phi) is 6.19. The number of rotatable bonds is 7. The molecule has 0 saturated carbocycles. The van der Waals surface area contributed by atoms with Gasteiger partial charge in [0.05, 0.1) is 24.9 Å². The largest absolute Gasteiger partial charge is 0.494 e. The summed E-state index contributed by atoms with van der Waals surface area (Å²) in [7, 11) is 2.82. The molecule has 0 bridgehead atoms. The second kappa shape index (κ2) is 8.80. The number of alkyl halides is 2. The first-order chi connectivity index (χ1) is 14.3. The van der Waals surface area contributed by atoms with Crippen LogP contribution in [0, 0.1) is 11.6 Å². The second-order valence-electron chi connectivity index (χ2n) is 6.22. The maximum Gasteiger partial charge on any atom is 0.274 e. The van der Waals surface area contributed by atoms with Crippen molar-refractivity contribution >= 4 is 17.4 Å². The van der Waals surface area contributed by atoms with Crippen LogP contribution < -0.4 is 15.4 Å². The summed E-state index contributed by atoms with van der Waals surface area (Å²) in [6.07, 6.45) is -1.56. The average Bonchev–Trinajstić information content (AvgIpc) is 3.06. The van der Waals surface area contributed by atoms with Gasteiger partial charge in [-0.25, -0.2) is 22.5 Å². The molecule has 0 aliphatic carbocycles. The van der Waals surface area contributed by atoms with E-state index in [1.165, 1.54) is 37.2 Å². The van der Waals surface area contributed by atoms with Crippen LogP contribution in [-0.4, -0.2) is 27.8 Å². The van der Waals surface area contributed by atoms with Crippen molar-refractivity contribution in [2.24, 2.45) is 7.05 Å². The molecular formula is C19H17F4N5O2. The lowest BCUT2D eigenvalue weighted by Crippen LogP contribution is -2.25. The lowest BCUT2D eigenvalue weighted by atomic mass is 10.2. The molecule has 0 atom stereocenters. The summed E-state index contributed by atoms with van der Waals surface area (Å²) in [6, 6.07) is 5.72. The Morgan fingerprint density at radius 3 is 2.53 bits per heavy atom. The zero-order valence-corrected chi connectivity index (χ0v) is 15.9. The van der Waals surface area contributed by atoms with Crippen molar-refractivity contribution in [3.63, 3.8) is 0 Å². The highest BCUT2D eigenvalue weighted by Gasteiger charge is 2.20. The van der Waals surface area contributed by atoms with E-state index >= 15 is 0 Å². The van der Waals surface area contributed by atoms with Crippen LogP contribution in [0.5, 0.6) is 5.75 Å². The summed E-state index contributed by atoms with van der Waals surface area (Å²) >= 11 is 0. The van der Waals surface area contributed by atoms with Gasteiger partial charge in [-0.1, -0.05) is 0 Å². The number of hydrogen-bond acceptors (Lipinski definition) is 5. The van der Waals surface area contributed by atoms with Crippen molar-refractivity contribution in [3.8, 4) is 5.75 Å². The SMILES string of the molecule is COc1ccc(Nc2cc(F)cc(F)c2)nc1C(=O)NCc1nn(C)cc1C(F)F. The van der Waals surface area contributed by atoms with Crippen LogP contribution >= 0.6 is 0 Å². The summed E-state index contributed by atoms with van der Waals surface area (Å²) in [5, 5.41) is 9.08. The number of methoxy groups -OCH3 is 1. The standard InChI is InChI=1S/C19H17F4N5O2/c1-28-9-13(18(22)23)14(27-28)8-24-19(29)17-15(30-2)3-4-16(26-17)25-12-6-10(20)5-11(21)7-12/h3-7,9,18H,8H2,1-2H3,(H,24,29)(H,25,26). The van der Waals surface area contributed by atoms with Gasteiger partial charge in [-0.3, -0.25) is 9.48 Å². The number of amides is 1. The van der Waals surface area contributed by atoms with E-state index in [1.807, 2.05) is 0 Å². The fourth-order valence-corrected chi connectivity index (χ4v) is 2.74. The first-order valence-electron chi connectivity index (χ1n) is 8.63. The molecule has 30 heavy (non-hydrogen) atoms. The van der Waals surface area contributed by atoms with Crippen molar-refractivity contribution in [1.29, 1.82) is 0 Å². The van der Waals surface area contributed by atoms with Crippen molar-refractivity contribution in [1.82, 2.24) is 20.1 Å². The first-order valence-corrected chi connectivity index (χ1v) is 8.63. The van der Waals surface area contributed by atoms with Gasteiger partial charge in [0.1, 0.15) is 23.2 Å². The van der Waals surface area contributed by atoms with Crippen LogP contribution in [0.15, 0.2) is 36.5 Å². The molecule has 1 amide bonds. The Morgan fingerprint density at radius 2 is 1.90 bits per heavy atom. The molecule has 0 radical (unpaired) electrons. The number of aryl methyl sites for hydroxylation is 1. The zero-order valence-electron chi connectivity index (χ0n) is 15.9. The van der Waals surface area contributed by atoms with Gasteiger partial charge in [-0.15, -0.1) is 0 Å². The van der Waals surface area contributed by atoms with Gasteiger partial charge in [0.15, 0.2) is 5.69 Å². The van der Waals surface area contributed by atoms with Gasteiger partial charge in [-0.2, -0.15) is 5.10 Å². The number of pyridine rings is 1. The summed E-state index contributed by atoms with van der Waals surface area (Å²) in [5.74, 6) is -2.02. The number of carbonyl (C=O) groups excluding carboxylic acids is 1. The molecule has 0 saturated heterocycles. The molecular weight excluding hydrogens is 406 g/mol. The average molecular weight is 423 g/mol. The number of nitrogens with zero attached hydrogens (tertiary/aromatic N) is 3. The maximum atomic E-state index is 13.4. The van der Waals surface area contributed by atoms with E-state index in [0.29, 0.717) is 0 Å². The van der Waals surface area contributed by atoms with E-state index in [1.54, 1.807) is 0 Å². The predicted molar refractivity (Wildman–Crippen MR) is 99.8 cm³/mol. The maximum absolute atomic E-state index is 13.4. The molecule has 2 N–H and O–H groups in total. The molecule has 0 aliphatic rings. The Morgan fingerprint density at radius 1 is 1.20 bits per heavy atom. The third-order valence-electron chi connectivity index (χ3n) is 4.02. The zero-order chi connectivity index (χ0) is 21.8. The number of halogens is 4. The molecule has 2 aromatic heterocycles. The van der Waals surface area contributed by atoms with Crippen molar-refractivity contribution in [2.45, 2.75) is 13.0 Å². The predicted octanol–water partition coefficient (Wildman–Crippen LogP) is 3.71. The topological polar surface area (TPSA) is 81.1 Å². The van der Waals surface area contributed by atoms with E-state index < -0.39 is 24.0 Å². The monoisotopic (exact) mass is 423 g/mol. The summed E-state index contributed by atoms with van der Waals surface area (Å²) in [4.78, 5) is 16.7. The minimum Gasteiger partial charge on any atom is -0.494 e. The van der Waals surface area contributed by atoms with Crippen LogP contribution in [0.2, 0.25) is 0 Å². The van der Waals surface area contributed by atoms with Gasteiger partial charge in [0, 0.05) is 25.0 Å². The minimum atomic E-state index is -2.74. The molecule has 0 spiro atoms. The Hall–Kier alpha value is -3.63. The smallest absolute Gasteiger partial charge is 0.274 e. The van der Waals surface area contributed by atoms with Gasteiger partial charge in [0.2, 0.25) is 0 Å². The highest BCUT2D eigenvalue weighted by Crippen LogP contribution is 2.24. The number of anilines is 2. The quantitative estimate of drug-likeness (QED) is 0.567. The highest BCUT2D eigenvalue weighted by molar-refractivity contribution is 5.95. The van der Waals surface area contributed by atoms with Gasteiger partial charge in [0.25, 0.3) is 12.3 Å². The van der Waals surface area contributed by atoms with Crippen LogP contribution in [0.1, 0.15) is 28.2 Å². The van der Waals surface area contributed by atoms with Gasteiger partial charge >= 0.3 is 0 Å². The number of hydrogen-bond donors (Lipinski definition) is 2. The molecule has 3 rings (SSSR count). The normalized spacial score (nSPS) is 10.9. The first kappa shape index (κ1) is 21.1. The third-order valence-corrected chi connectivity index (χ3v) is 4.02. The Labute approximate surface area is 168 Å². The molecule has 1 aromatic carbocycles. The summed E-state index contributed by atoms with van der Waals surface area (Å²) in [6.45, 7) is -0.253. The molecule has 0 aliphatic heterocycles. The number of aromatic nitrogens is 3. The number of benzene rings is 1. The van der Waals surface area contributed by atoms with Crippen LogP contribution in [-0.2, 0) is 13.6 Å². The number of ether oxygens (including phenoxy) is 1. The minimum absolute atomic E-state index is 0.0179. The van der Waals surface area contributed by atoms with Crippen LogP contribution in [0.3, 0.4) is 0 Å². The fraction of sp³-hybridized carbons (Fsp3) is 0.211. The van der Waals surface area contributed by atoms with Crippen molar-refractivity contribution in [3.05, 3.63) is 65.1 Å². The molecule has 7 nitrogen and oxygen atoms in total. The van der Waals surface area contributed by atoms with Gasteiger partial charge in [-0.05, 0) is 24.3 Å². The molecule has 2 heterocycles. The second-order valence-corrected chi connectivity index (χ2v) is 6.22. The molecule has 158 valence electrons. The van der Waals surface area contributed by atoms with Crippen molar-refractivity contribution in [2.75, 3.05) is 12.4 Å². The lowest BCUT2D eigenvalue weighted by molar-refractivity contribution is 0.0940. The molecule has 0 unspecified atom stereocenters. The number of nitrogens with one attached hydrogen (secondary N) is 2. The van der Waals surface area contributed by atoms with E-state index in [4.69, 9.17) is 4.74 Å². The van der Waals surface area contributed by atoms with E-state index in [2.05, 4.69) is 20.7 Å². The molecule has 3 aromatic rings. The van der Waals surface area contributed by atoms with E-state index in [-0.39, 0.29) is 40.8 Å². The van der Waals surface area contributed by atoms with E-state index in [0.717, 1.165) is 18.2 Å².